The number of thioether (sulfide) groups is 1. The molecule has 0 aliphatic rings. The van der Waals surface area contributed by atoms with E-state index in [0.29, 0.717) is 41.7 Å². The van der Waals surface area contributed by atoms with E-state index in [1.807, 2.05) is 34.9 Å². The van der Waals surface area contributed by atoms with Crippen LogP contribution in [0.2, 0.25) is 0 Å². The van der Waals surface area contributed by atoms with Crippen LogP contribution in [-0.4, -0.2) is 33.1 Å². The average molecular weight is 385 g/mol. The fourth-order valence-electron chi connectivity index (χ4n) is 2.60. The van der Waals surface area contributed by atoms with Crippen molar-refractivity contribution in [3.8, 4) is 17.1 Å². The molecule has 0 aliphatic heterocycles. The van der Waals surface area contributed by atoms with E-state index in [1.165, 1.54) is 17.8 Å². The lowest BCUT2D eigenvalue weighted by Gasteiger charge is -2.10. The van der Waals surface area contributed by atoms with Crippen molar-refractivity contribution in [3.05, 3.63) is 60.4 Å². The molecular formula is C20H20FN3O2S. The Kier molecular flexibility index (Phi) is 6.59. The first kappa shape index (κ1) is 19.1. The molecular weight excluding hydrogens is 365 g/mol. The number of hydrogen-bond acceptors (Lipinski definition) is 5. The maximum atomic E-state index is 14.3. The standard InChI is InChI=1S/C20H20FN3O2S/c1-2-26-18(25)13-8-14-27-20-23-22-19(16-11-6-7-12-17(16)21)24(20)15-9-4-3-5-10-15/h3-7,9-12H,2,8,13-14H2,1H3. The minimum Gasteiger partial charge on any atom is -0.466 e. The number of halogens is 1. The minimum absolute atomic E-state index is 0.199. The van der Waals surface area contributed by atoms with E-state index in [4.69, 9.17) is 4.74 Å². The second-order valence-corrected chi connectivity index (χ2v) is 6.78. The molecule has 140 valence electrons. The van der Waals surface area contributed by atoms with Crippen molar-refractivity contribution < 1.29 is 13.9 Å². The first-order chi connectivity index (χ1) is 13.2. The summed E-state index contributed by atoms with van der Waals surface area (Å²) in [7, 11) is 0. The van der Waals surface area contributed by atoms with Gasteiger partial charge < -0.3 is 4.74 Å². The Hall–Kier alpha value is -2.67. The third-order valence-electron chi connectivity index (χ3n) is 3.82. The summed E-state index contributed by atoms with van der Waals surface area (Å²) in [6.45, 7) is 2.18. The minimum atomic E-state index is -0.346. The predicted molar refractivity (Wildman–Crippen MR) is 103 cm³/mol. The summed E-state index contributed by atoms with van der Waals surface area (Å²) in [5.74, 6) is 0.587. The number of ether oxygens (including phenoxy) is 1. The van der Waals surface area contributed by atoms with Crippen LogP contribution in [0.5, 0.6) is 0 Å². The van der Waals surface area contributed by atoms with Crippen molar-refractivity contribution in [1.29, 1.82) is 0 Å². The zero-order chi connectivity index (χ0) is 19.1. The lowest BCUT2D eigenvalue weighted by Crippen LogP contribution is -2.04. The van der Waals surface area contributed by atoms with E-state index < -0.39 is 0 Å². The molecule has 2 aromatic carbocycles. The molecule has 0 saturated carbocycles. The number of nitrogens with zero attached hydrogens (tertiary/aromatic N) is 3. The summed E-state index contributed by atoms with van der Waals surface area (Å²) in [5, 5.41) is 9.14. The van der Waals surface area contributed by atoms with Crippen molar-refractivity contribution in [2.24, 2.45) is 0 Å². The Labute approximate surface area is 161 Å². The number of aromatic nitrogens is 3. The van der Waals surface area contributed by atoms with E-state index in [0.717, 1.165) is 5.69 Å². The van der Waals surface area contributed by atoms with Gasteiger partial charge in [-0.25, -0.2) is 4.39 Å². The Morgan fingerprint density at radius 3 is 2.59 bits per heavy atom. The Bertz CT molecular complexity index is 899. The van der Waals surface area contributed by atoms with Crippen LogP contribution in [0.25, 0.3) is 17.1 Å². The van der Waals surface area contributed by atoms with Gasteiger partial charge in [-0.3, -0.25) is 9.36 Å². The van der Waals surface area contributed by atoms with Crippen LogP contribution in [-0.2, 0) is 9.53 Å². The lowest BCUT2D eigenvalue weighted by atomic mass is 10.2. The predicted octanol–water partition coefficient (Wildman–Crippen LogP) is 4.51. The molecule has 0 atom stereocenters. The molecule has 0 saturated heterocycles. The third-order valence-corrected chi connectivity index (χ3v) is 4.84. The smallest absolute Gasteiger partial charge is 0.305 e. The van der Waals surface area contributed by atoms with Crippen molar-refractivity contribution in [1.82, 2.24) is 14.8 Å². The monoisotopic (exact) mass is 385 g/mol. The van der Waals surface area contributed by atoms with Gasteiger partial charge in [0.2, 0.25) is 0 Å². The first-order valence-electron chi connectivity index (χ1n) is 8.75. The molecule has 0 unspecified atom stereocenters. The zero-order valence-electron chi connectivity index (χ0n) is 15.0. The number of hydrogen-bond donors (Lipinski definition) is 0. The Morgan fingerprint density at radius 2 is 1.85 bits per heavy atom. The van der Waals surface area contributed by atoms with E-state index in [1.54, 1.807) is 25.1 Å². The van der Waals surface area contributed by atoms with Gasteiger partial charge in [0.15, 0.2) is 11.0 Å². The van der Waals surface area contributed by atoms with Gasteiger partial charge in [-0.05, 0) is 37.6 Å². The van der Waals surface area contributed by atoms with Gasteiger partial charge in [0.1, 0.15) is 5.82 Å². The van der Waals surface area contributed by atoms with E-state index in [-0.39, 0.29) is 11.8 Å². The van der Waals surface area contributed by atoms with Crippen molar-refractivity contribution in [3.63, 3.8) is 0 Å². The second-order valence-electron chi connectivity index (χ2n) is 5.71. The van der Waals surface area contributed by atoms with Crippen LogP contribution in [0.4, 0.5) is 4.39 Å². The molecule has 0 aliphatic carbocycles. The summed E-state index contributed by atoms with van der Waals surface area (Å²) in [6.07, 6.45) is 1.03. The Balaban J connectivity index is 1.84. The summed E-state index contributed by atoms with van der Waals surface area (Å²) < 4.78 is 21.1. The summed E-state index contributed by atoms with van der Waals surface area (Å²) in [4.78, 5) is 11.5. The molecule has 3 rings (SSSR count). The van der Waals surface area contributed by atoms with Crippen molar-refractivity contribution >= 4 is 17.7 Å². The van der Waals surface area contributed by atoms with Crippen LogP contribution >= 0.6 is 11.8 Å². The molecule has 0 amide bonds. The van der Waals surface area contributed by atoms with Crippen LogP contribution in [0.15, 0.2) is 59.8 Å². The zero-order valence-corrected chi connectivity index (χ0v) is 15.8. The Morgan fingerprint density at radius 1 is 1.11 bits per heavy atom. The summed E-state index contributed by atoms with van der Waals surface area (Å²) >= 11 is 1.48. The maximum Gasteiger partial charge on any atom is 0.305 e. The van der Waals surface area contributed by atoms with Gasteiger partial charge in [-0.2, -0.15) is 0 Å². The quantitative estimate of drug-likeness (QED) is 0.324. The highest BCUT2D eigenvalue weighted by Crippen LogP contribution is 2.29. The SMILES string of the molecule is CCOC(=O)CCCSc1nnc(-c2ccccc2F)n1-c1ccccc1. The highest BCUT2D eigenvalue weighted by Gasteiger charge is 2.18. The van der Waals surface area contributed by atoms with Gasteiger partial charge in [0.05, 0.1) is 12.2 Å². The van der Waals surface area contributed by atoms with Crippen LogP contribution < -0.4 is 0 Å². The highest BCUT2D eigenvalue weighted by molar-refractivity contribution is 7.99. The van der Waals surface area contributed by atoms with Crippen LogP contribution in [0.3, 0.4) is 0 Å². The molecule has 7 heteroatoms. The molecule has 0 spiro atoms. The molecule has 0 fully saturated rings. The fraction of sp³-hybridized carbons (Fsp3) is 0.250. The molecule has 0 N–H and O–H groups in total. The average Bonchev–Trinajstić information content (AvgIpc) is 3.10. The van der Waals surface area contributed by atoms with Crippen LogP contribution in [0.1, 0.15) is 19.8 Å². The van der Waals surface area contributed by atoms with Gasteiger partial charge in [0.25, 0.3) is 0 Å². The van der Waals surface area contributed by atoms with Gasteiger partial charge in [0, 0.05) is 17.9 Å². The second kappa shape index (κ2) is 9.32. The van der Waals surface area contributed by atoms with Crippen LogP contribution in [0, 0.1) is 5.82 Å². The number of carbonyl (C=O) groups excluding carboxylic acids is 1. The topological polar surface area (TPSA) is 57.0 Å². The third kappa shape index (κ3) is 4.74. The molecule has 3 aromatic rings. The normalized spacial score (nSPS) is 10.7. The number of para-hydroxylation sites is 1. The lowest BCUT2D eigenvalue weighted by molar-refractivity contribution is -0.143. The van der Waals surface area contributed by atoms with Gasteiger partial charge in [-0.1, -0.05) is 42.1 Å². The summed E-state index contributed by atoms with van der Waals surface area (Å²) in [6, 6.07) is 16.1. The molecule has 1 heterocycles. The molecule has 0 bridgehead atoms. The van der Waals surface area contributed by atoms with E-state index in [9.17, 15) is 9.18 Å². The van der Waals surface area contributed by atoms with Crippen molar-refractivity contribution in [2.75, 3.05) is 12.4 Å². The number of benzene rings is 2. The highest BCUT2D eigenvalue weighted by atomic mass is 32.2. The first-order valence-corrected chi connectivity index (χ1v) is 9.73. The fourth-order valence-corrected chi connectivity index (χ4v) is 3.49. The molecule has 0 radical (unpaired) electrons. The molecule has 5 nitrogen and oxygen atoms in total. The van der Waals surface area contributed by atoms with Crippen molar-refractivity contribution in [2.45, 2.75) is 24.9 Å². The maximum absolute atomic E-state index is 14.3. The molecule has 27 heavy (non-hydrogen) atoms. The van der Waals surface area contributed by atoms with E-state index in [2.05, 4.69) is 10.2 Å². The molecule has 1 aromatic heterocycles. The van der Waals surface area contributed by atoms with Gasteiger partial charge in [-0.15, -0.1) is 10.2 Å². The number of esters is 1. The van der Waals surface area contributed by atoms with Gasteiger partial charge >= 0.3 is 5.97 Å². The summed E-state index contributed by atoms with van der Waals surface area (Å²) in [5.41, 5.74) is 1.25. The number of carbonyl (C=O) groups is 1. The van der Waals surface area contributed by atoms with E-state index >= 15 is 0 Å². The number of rotatable bonds is 8. The largest absolute Gasteiger partial charge is 0.466 e.